The number of amides is 1. The first kappa shape index (κ1) is 12.8. The van der Waals surface area contributed by atoms with Crippen molar-refractivity contribution in [1.82, 2.24) is 15.1 Å². The fraction of sp³-hybridized carbons (Fsp3) is 0.917. The van der Waals surface area contributed by atoms with Crippen molar-refractivity contribution in [3.8, 4) is 0 Å². The Labute approximate surface area is 103 Å². The van der Waals surface area contributed by atoms with Crippen LogP contribution >= 0.6 is 0 Å². The molecule has 2 atom stereocenters. The van der Waals surface area contributed by atoms with E-state index in [0.717, 1.165) is 32.6 Å². The first-order valence-electron chi connectivity index (χ1n) is 6.43. The molecule has 2 fully saturated rings. The molecule has 2 unspecified atom stereocenters. The Balaban J connectivity index is 1.95. The lowest BCUT2D eigenvalue weighted by Gasteiger charge is -2.37. The molecule has 2 saturated heterocycles. The van der Waals surface area contributed by atoms with Crippen LogP contribution in [0.3, 0.4) is 0 Å². The zero-order valence-corrected chi connectivity index (χ0v) is 10.8. The SMILES string of the molecule is CNCC1COCCN1C(=O)C1CCN(C)C1. The lowest BCUT2D eigenvalue weighted by atomic mass is 10.1. The molecule has 5 nitrogen and oxygen atoms in total. The summed E-state index contributed by atoms with van der Waals surface area (Å²) in [4.78, 5) is 16.7. The maximum absolute atomic E-state index is 12.4. The maximum atomic E-state index is 12.4. The summed E-state index contributed by atoms with van der Waals surface area (Å²) in [6, 6.07) is 0.201. The second kappa shape index (κ2) is 5.80. The highest BCUT2D eigenvalue weighted by atomic mass is 16.5. The van der Waals surface area contributed by atoms with E-state index in [1.807, 2.05) is 11.9 Å². The minimum absolute atomic E-state index is 0.192. The van der Waals surface area contributed by atoms with Crippen LogP contribution < -0.4 is 5.32 Å². The molecular weight excluding hydrogens is 218 g/mol. The van der Waals surface area contributed by atoms with E-state index in [4.69, 9.17) is 4.74 Å². The molecule has 0 spiro atoms. The number of rotatable bonds is 3. The van der Waals surface area contributed by atoms with E-state index in [9.17, 15) is 4.79 Å². The van der Waals surface area contributed by atoms with Gasteiger partial charge in [-0.25, -0.2) is 0 Å². The van der Waals surface area contributed by atoms with Crippen molar-refractivity contribution in [1.29, 1.82) is 0 Å². The standard InChI is InChI=1S/C12H23N3O2/c1-13-7-11-9-17-6-5-15(11)12(16)10-3-4-14(2)8-10/h10-11,13H,3-9H2,1-2H3. The monoisotopic (exact) mass is 241 g/mol. The number of nitrogens with one attached hydrogen (secondary N) is 1. The van der Waals surface area contributed by atoms with Gasteiger partial charge in [-0.05, 0) is 27.1 Å². The van der Waals surface area contributed by atoms with Crippen LogP contribution in [-0.2, 0) is 9.53 Å². The Morgan fingerprint density at radius 1 is 1.47 bits per heavy atom. The van der Waals surface area contributed by atoms with Gasteiger partial charge in [-0.1, -0.05) is 0 Å². The third kappa shape index (κ3) is 2.97. The molecule has 1 N–H and O–H groups in total. The van der Waals surface area contributed by atoms with E-state index in [-0.39, 0.29) is 12.0 Å². The van der Waals surface area contributed by atoms with E-state index in [0.29, 0.717) is 19.1 Å². The smallest absolute Gasteiger partial charge is 0.227 e. The van der Waals surface area contributed by atoms with Gasteiger partial charge in [0, 0.05) is 19.6 Å². The second-order valence-corrected chi connectivity index (χ2v) is 5.07. The zero-order chi connectivity index (χ0) is 12.3. The van der Waals surface area contributed by atoms with Gasteiger partial charge in [0.2, 0.25) is 5.91 Å². The average molecular weight is 241 g/mol. The van der Waals surface area contributed by atoms with Crippen LogP contribution in [0.2, 0.25) is 0 Å². The number of carbonyl (C=O) groups is 1. The van der Waals surface area contributed by atoms with E-state index < -0.39 is 0 Å². The van der Waals surface area contributed by atoms with Crippen molar-refractivity contribution in [3.05, 3.63) is 0 Å². The Kier molecular flexibility index (Phi) is 4.36. The molecule has 0 saturated carbocycles. The summed E-state index contributed by atoms with van der Waals surface area (Å²) >= 11 is 0. The molecule has 2 rings (SSSR count). The van der Waals surface area contributed by atoms with Gasteiger partial charge in [-0.3, -0.25) is 4.79 Å². The first-order chi connectivity index (χ1) is 8.22. The molecule has 0 radical (unpaired) electrons. The van der Waals surface area contributed by atoms with E-state index >= 15 is 0 Å². The fourth-order valence-corrected chi connectivity index (χ4v) is 2.72. The quantitative estimate of drug-likeness (QED) is 0.715. The number of likely N-dealkylation sites (tertiary alicyclic amines) is 1. The highest BCUT2D eigenvalue weighted by molar-refractivity contribution is 5.79. The topological polar surface area (TPSA) is 44.8 Å². The number of carbonyl (C=O) groups excluding carboxylic acids is 1. The molecule has 0 aromatic carbocycles. The lowest BCUT2D eigenvalue weighted by molar-refractivity contribution is -0.143. The van der Waals surface area contributed by atoms with Crippen LogP contribution in [0.15, 0.2) is 0 Å². The summed E-state index contributed by atoms with van der Waals surface area (Å²) in [6.45, 7) is 4.84. The average Bonchev–Trinajstić information content (AvgIpc) is 2.76. The van der Waals surface area contributed by atoms with Crippen LogP contribution in [-0.4, -0.2) is 75.2 Å². The largest absolute Gasteiger partial charge is 0.377 e. The minimum atomic E-state index is 0.192. The number of ether oxygens (including phenoxy) is 1. The molecule has 2 aliphatic rings. The van der Waals surface area contributed by atoms with Crippen molar-refractivity contribution in [2.24, 2.45) is 5.92 Å². The normalized spacial score (nSPS) is 30.8. The molecule has 1 amide bonds. The van der Waals surface area contributed by atoms with Gasteiger partial charge in [-0.15, -0.1) is 0 Å². The number of likely N-dealkylation sites (N-methyl/N-ethyl adjacent to an activating group) is 1. The first-order valence-corrected chi connectivity index (χ1v) is 6.43. The van der Waals surface area contributed by atoms with Gasteiger partial charge in [0.15, 0.2) is 0 Å². The Hall–Kier alpha value is -0.650. The van der Waals surface area contributed by atoms with Gasteiger partial charge in [0.1, 0.15) is 0 Å². The molecule has 0 aromatic rings. The highest BCUT2D eigenvalue weighted by Gasteiger charge is 2.34. The van der Waals surface area contributed by atoms with Crippen LogP contribution in [0, 0.1) is 5.92 Å². The van der Waals surface area contributed by atoms with Crippen LogP contribution in [0.25, 0.3) is 0 Å². The highest BCUT2D eigenvalue weighted by Crippen LogP contribution is 2.19. The fourth-order valence-electron chi connectivity index (χ4n) is 2.72. The number of hydrogen-bond acceptors (Lipinski definition) is 4. The van der Waals surface area contributed by atoms with Crippen LogP contribution in [0.5, 0.6) is 0 Å². The third-order valence-electron chi connectivity index (χ3n) is 3.69. The number of nitrogens with zero attached hydrogens (tertiary/aromatic N) is 2. The van der Waals surface area contributed by atoms with Gasteiger partial charge < -0.3 is 19.9 Å². The van der Waals surface area contributed by atoms with Crippen LogP contribution in [0.1, 0.15) is 6.42 Å². The van der Waals surface area contributed by atoms with Gasteiger partial charge in [0.05, 0.1) is 25.2 Å². The van der Waals surface area contributed by atoms with E-state index in [1.165, 1.54) is 0 Å². The number of hydrogen-bond donors (Lipinski definition) is 1. The third-order valence-corrected chi connectivity index (χ3v) is 3.69. The summed E-state index contributed by atoms with van der Waals surface area (Å²) in [5.74, 6) is 0.510. The maximum Gasteiger partial charge on any atom is 0.227 e. The molecule has 0 aromatic heterocycles. The predicted octanol–water partition coefficient (Wildman–Crippen LogP) is -0.615. The van der Waals surface area contributed by atoms with Gasteiger partial charge in [-0.2, -0.15) is 0 Å². The Bertz CT molecular complexity index is 270. The summed E-state index contributed by atoms with van der Waals surface area (Å²) in [5, 5.41) is 3.14. The van der Waals surface area contributed by atoms with E-state index in [1.54, 1.807) is 0 Å². The van der Waals surface area contributed by atoms with E-state index in [2.05, 4.69) is 17.3 Å². The predicted molar refractivity (Wildman–Crippen MR) is 65.9 cm³/mol. The van der Waals surface area contributed by atoms with Crippen molar-refractivity contribution in [2.75, 3.05) is 53.5 Å². The lowest BCUT2D eigenvalue weighted by Crippen LogP contribution is -2.54. The molecule has 17 heavy (non-hydrogen) atoms. The molecule has 0 aliphatic carbocycles. The second-order valence-electron chi connectivity index (χ2n) is 5.07. The van der Waals surface area contributed by atoms with Gasteiger partial charge >= 0.3 is 0 Å². The van der Waals surface area contributed by atoms with Crippen molar-refractivity contribution >= 4 is 5.91 Å². The zero-order valence-electron chi connectivity index (χ0n) is 10.8. The Morgan fingerprint density at radius 2 is 2.29 bits per heavy atom. The summed E-state index contributed by atoms with van der Waals surface area (Å²) in [5.41, 5.74) is 0. The van der Waals surface area contributed by atoms with Gasteiger partial charge in [0.25, 0.3) is 0 Å². The number of morpholine rings is 1. The van der Waals surface area contributed by atoms with Crippen molar-refractivity contribution < 1.29 is 9.53 Å². The summed E-state index contributed by atoms with van der Waals surface area (Å²) in [7, 11) is 4.00. The summed E-state index contributed by atoms with van der Waals surface area (Å²) < 4.78 is 5.45. The van der Waals surface area contributed by atoms with Crippen molar-refractivity contribution in [2.45, 2.75) is 12.5 Å². The minimum Gasteiger partial charge on any atom is -0.377 e. The van der Waals surface area contributed by atoms with Crippen LogP contribution in [0.4, 0.5) is 0 Å². The molecule has 98 valence electrons. The molecular formula is C12H23N3O2. The molecule has 2 aliphatic heterocycles. The molecule has 2 heterocycles. The summed E-state index contributed by atoms with van der Waals surface area (Å²) in [6.07, 6.45) is 0.999. The van der Waals surface area contributed by atoms with Crippen molar-refractivity contribution in [3.63, 3.8) is 0 Å². The molecule has 5 heteroatoms. The Morgan fingerprint density at radius 3 is 2.94 bits per heavy atom. The molecule has 0 bridgehead atoms.